The number of carboxylic acid groups (broad SMARTS) is 1. The number of rotatable bonds is 3. The molecule has 5 heteroatoms. The van der Waals surface area contributed by atoms with Gasteiger partial charge in [0.05, 0.1) is 5.41 Å². The number of benzene rings is 1. The maximum absolute atomic E-state index is 12.5. The molecule has 1 saturated heterocycles. The molecule has 1 aromatic rings. The topological polar surface area (TPSA) is 57.6 Å². The zero-order valence-corrected chi connectivity index (χ0v) is 14.5. The van der Waals surface area contributed by atoms with Crippen LogP contribution in [-0.2, 0) is 4.79 Å². The zero-order valence-electron chi connectivity index (χ0n) is 12.3. The minimum Gasteiger partial charge on any atom is -0.481 e. The molecule has 0 saturated carbocycles. The van der Waals surface area contributed by atoms with Crippen molar-refractivity contribution in [1.29, 1.82) is 0 Å². The van der Waals surface area contributed by atoms with Crippen LogP contribution in [0, 0.1) is 14.9 Å². The minimum absolute atomic E-state index is 0.00251. The van der Waals surface area contributed by atoms with E-state index in [1.165, 1.54) is 0 Å². The third-order valence-electron chi connectivity index (χ3n) is 4.37. The van der Waals surface area contributed by atoms with Gasteiger partial charge in [0.25, 0.3) is 5.91 Å². The maximum atomic E-state index is 12.5. The van der Waals surface area contributed by atoms with Gasteiger partial charge in [-0.3, -0.25) is 9.59 Å². The van der Waals surface area contributed by atoms with Gasteiger partial charge in [-0.25, -0.2) is 0 Å². The molecule has 1 fully saturated rings. The fourth-order valence-electron chi connectivity index (χ4n) is 2.70. The lowest BCUT2D eigenvalue weighted by atomic mass is 9.74. The van der Waals surface area contributed by atoms with Crippen LogP contribution in [0.2, 0.25) is 0 Å². The van der Waals surface area contributed by atoms with Crippen molar-refractivity contribution in [1.82, 2.24) is 4.90 Å². The molecule has 0 aromatic heterocycles. The Balaban J connectivity index is 2.12. The summed E-state index contributed by atoms with van der Waals surface area (Å²) in [7, 11) is 0. The molecule has 0 radical (unpaired) electrons. The first-order valence-electron chi connectivity index (χ1n) is 7.10. The van der Waals surface area contributed by atoms with E-state index in [9.17, 15) is 14.7 Å². The first-order chi connectivity index (χ1) is 9.82. The Morgan fingerprint density at radius 1 is 1.29 bits per heavy atom. The van der Waals surface area contributed by atoms with Gasteiger partial charge in [0.15, 0.2) is 0 Å². The molecule has 0 spiro atoms. The normalized spacial score (nSPS) is 19.4. The van der Waals surface area contributed by atoms with Gasteiger partial charge in [-0.1, -0.05) is 0 Å². The third-order valence-corrected chi connectivity index (χ3v) is 5.09. The highest BCUT2D eigenvalue weighted by molar-refractivity contribution is 14.1. The van der Waals surface area contributed by atoms with E-state index in [2.05, 4.69) is 22.6 Å². The van der Waals surface area contributed by atoms with E-state index in [1.807, 2.05) is 24.3 Å². The summed E-state index contributed by atoms with van der Waals surface area (Å²) in [5.41, 5.74) is -0.130. The Hall–Kier alpha value is -1.11. The number of piperidine rings is 1. The second kappa shape index (κ2) is 6.34. The van der Waals surface area contributed by atoms with Gasteiger partial charge >= 0.3 is 5.97 Å². The second-order valence-corrected chi connectivity index (χ2v) is 7.37. The molecule has 1 aliphatic heterocycles. The Bertz CT molecular complexity index is 539. The molecule has 1 unspecified atom stereocenters. The Morgan fingerprint density at radius 3 is 2.48 bits per heavy atom. The SMILES string of the molecule is CC(C)(C(=O)O)C1CCCN(C(=O)c2ccc(I)cc2)C1. The van der Waals surface area contributed by atoms with Crippen LogP contribution in [0.4, 0.5) is 0 Å². The van der Waals surface area contributed by atoms with Crippen LogP contribution in [0.25, 0.3) is 0 Å². The molecule has 2 rings (SSSR count). The van der Waals surface area contributed by atoms with Gasteiger partial charge in [0.1, 0.15) is 0 Å². The Kier molecular flexibility index (Phi) is 4.91. The summed E-state index contributed by atoms with van der Waals surface area (Å²) in [4.78, 5) is 25.7. The molecule has 1 aromatic carbocycles. The molecular formula is C16H20INO3. The predicted octanol–water partition coefficient (Wildman–Crippen LogP) is 3.25. The molecule has 1 heterocycles. The van der Waals surface area contributed by atoms with Crippen LogP contribution in [0.3, 0.4) is 0 Å². The van der Waals surface area contributed by atoms with Crippen LogP contribution in [0.5, 0.6) is 0 Å². The van der Waals surface area contributed by atoms with Gasteiger partial charge in [-0.05, 0) is 79.5 Å². The summed E-state index contributed by atoms with van der Waals surface area (Å²) in [6.07, 6.45) is 1.72. The van der Waals surface area contributed by atoms with Crippen molar-refractivity contribution in [3.63, 3.8) is 0 Å². The summed E-state index contributed by atoms with van der Waals surface area (Å²) in [6, 6.07) is 7.49. The monoisotopic (exact) mass is 401 g/mol. The number of hydrogen-bond acceptors (Lipinski definition) is 2. The van der Waals surface area contributed by atoms with Gasteiger partial charge in [0, 0.05) is 22.2 Å². The molecule has 0 aliphatic carbocycles. The van der Waals surface area contributed by atoms with Gasteiger partial charge in [-0.2, -0.15) is 0 Å². The summed E-state index contributed by atoms with van der Waals surface area (Å²) >= 11 is 2.21. The molecule has 1 atom stereocenters. The van der Waals surface area contributed by atoms with Crippen molar-refractivity contribution in [2.75, 3.05) is 13.1 Å². The summed E-state index contributed by atoms with van der Waals surface area (Å²) in [5, 5.41) is 9.36. The van der Waals surface area contributed by atoms with Crippen LogP contribution < -0.4 is 0 Å². The second-order valence-electron chi connectivity index (χ2n) is 6.12. The molecule has 1 amide bonds. The smallest absolute Gasteiger partial charge is 0.309 e. The Morgan fingerprint density at radius 2 is 1.90 bits per heavy atom. The first-order valence-corrected chi connectivity index (χ1v) is 8.18. The maximum Gasteiger partial charge on any atom is 0.309 e. The van der Waals surface area contributed by atoms with Crippen molar-refractivity contribution in [2.24, 2.45) is 11.3 Å². The van der Waals surface area contributed by atoms with E-state index in [4.69, 9.17) is 0 Å². The Labute approximate surface area is 138 Å². The highest BCUT2D eigenvalue weighted by Crippen LogP contribution is 2.34. The first kappa shape index (κ1) is 16.3. The largest absolute Gasteiger partial charge is 0.481 e. The third kappa shape index (κ3) is 3.56. The van der Waals surface area contributed by atoms with Crippen LogP contribution in [0.15, 0.2) is 24.3 Å². The number of aliphatic carboxylic acids is 1. The van der Waals surface area contributed by atoms with E-state index in [0.717, 1.165) is 16.4 Å². The van der Waals surface area contributed by atoms with Crippen molar-refractivity contribution in [3.8, 4) is 0 Å². The molecule has 21 heavy (non-hydrogen) atoms. The van der Waals surface area contributed by atoms with E-state index in [1.54, 1.807) is 18.7 Å². The van der Waals surface area contributed by atoms with Crippen molar-refractivity contribution in [2.45, 2.75) is 26.7 Å². The quantitative estimate of drug-likeness (QED) is 0.792. The van der Waals surface area contributed by atoms with Crippen LogP contribution in [0.1, 0.15) is 37.0 Å². The predicted molar refractivity (Wildman–Crippen MR) is 89.2 cm³/mol. The highest BCUT2D eigenvalue weighted by Gasteiger charge is 2.40. The van der Waals surface area contributed by atoms with Crippen molar-refractivity contribution in [3.05, 3.63) is 33.4 Å². The van der Waals surface area contributed by atoms with Crippen molar-refractivity contribution < 1.29 is 14.7 Å². The number of carbonyl (C=O) groups is 2. The minimum atomic E-state index is -0.801. The van der Waals surface area contributed by atoms with Gasteiger partial charge < -0.3 is 10.0 Å². The summed E-state index contributed by atoms with van der Waals surface area (Å²) < 4.78 is 1.09. The average molecular weight is 401 g/mol. The summed E-state index contributed by atoms with van der Waals surface area (Å²) in [5.74, 6) is -0.801. The highest BCUT2D eigenvalue weighted by atomic mass is 127. The number of amides is 1. The molecule has 1 N–H and O–H groups in total. The lowest BCUT2D eigenvalue weighted by Crippen LogP contribution is -2.46. The molecule has 4 nitrogen and oxygen atoms in total. The van der Waals surface area contributed by atoms with Gasteiger partial charge in [0.2, 0.25) is 0 Å². The molecular weight excluding hydrogens is 381 g/mol. The fourth-order valence-corrected chi connectivity index (χ4v) is 3.06. The van der Waals surface area contributed by atoms with Crippen LogP contribution in [-0.4, -0.2) is 35.0 Å². The number of carbonyl (C=O) groups excluding carboxylic acids is 1. The number of carboxylic acids is 1. The fraction of sp³-hybridized carbons (Fsp3) is 0.500. The molecule has 114 valence electrons. The van der Waals surface area contributed by atoms with E-state index in [-0.39, 0.29) is 11.8 Å². The lowest BCUT2D eigenvalue weighted by molar-refractivity contribution is -0.151. The van der Waals surface area contributed by atoms with E-state index >= 15 is 0 Å². The lowest BCUT2D eigenvalue weighted by Gasteiger charge is -2.39. The standard InChI is InChI=1S/C16H20INO3/c1-16(2,15(20)21)12-4-3-9-18(10-12)14(19)11-5-7-13(17)8-6-11/h5-8,12H,3-4,9-10H2,1-2H3,(H,20,21). The molecule has 0 bridgehead atoms. The van der Waals surface area contributed by atoms with E-state index < -0.39 is 11.4 Å². The van der Waals surface area contributed by atoms with Crippen LogP contribution >= 0.6 is 22.6 Å². The van der Waals surface area contributed by atoms with Gasteiger partial charge in [-0.15, -0.1) is 0 Å². The number of hydrogen-bond donors (Lipinski definition) is 1. The number of nitrogens with zero attached hydrogens (tertiary/aromatic N) is 1. The number of halogens is 1. The number of likely N-dealkylation sites (tertiary alicyclic amines) is 1. The molecule has 1 aliphatic rings. The average Bonchev–Trinajstić information content (AvgIpc) is 2.47. The van der Waals surface area contributed by atoms with Crippen molar-refractivity contribution >= 4 is 34.5 Å². The zero-order chi connectivity index (χ0) is 15.6. The van der Waals surface area contributed by atoms with E-state index in [0.29, 0.717) is 18.7 Å². The summed E-state index contributed by atoms with van der Waals surface area (Å²) in [6.45, 7) is 4.72.